The van der Waals surface area contributed by atoms with E-state index < -0.39 is 47.5 Å². The van der Waals surface area contributed by atoms with Crippen LogP contribution in [0.3, 0.4) is 0 Å². The largest absolute Gasteiger partial charge is 0.457 e. The molecule has 0 aliphatic carbocycles. The number of carbonyl (C=O) groups is 6. The molecule has 15 rings (SSSR count). The summed E-state index contributed by atoms with van der Waals surface area (Å²) in [5.41, 5.74) is 7.19. The maximum absolute atomic E-state index is 16.7. The monoisotopic (exact) mass is 1490 g/mol. The normalized spacial score (nSPS) is 13.4. The minimum Gasteiger partial charge on any atom is -0.457 e. The van der Waals surface area contributed by atoms with Gasteiger partial charge in [-0.05, 0) is 141 Å². The number of fused-ring (bicyclic) bond motifs is 2. The second kappa shape index (κ2) is 31.1. The number of benzene rings is 13. The van der Waals surface area contributed by atoms with Crippen LogP contribution < -0.4 is 18.9 Å². The Kier molecular flexibility index (Phi) is 20.9. The van der Waals surface area contributed by atoms with E-state index in [2.05, 4.69) is 55.4 Å². The van der Waals surface area contributed by atoms with Gasteiger partial charge < -0.3 is 28.7 Å². The molecule has 2 aliphatic heterocycles. The summed E-state index contributed by atoms with van der Waals surface area (Å²) in [4.78, 5) is 104. The Balaban J connectivity index is 1.06. The van der Waals surface area contributed by atoms with Crippen molar-refractivity contribution in [3.05, 3.63) is 309 Å². The first-order chi connectivity index (χ1) is 53.2. The molecule has 0 fully saturated rings. The molecule has 0 saturated heterocycles. The number of nitrogens with zero attached hydrogens (tertiary/aromatic N) is 4. The zero-order chi connectivity index (χ0) is 76.8. The molecule has 552 valence electrons. The fourth-order valence-corrected chi connectivity index (χ4v) is 15.9. The number of rotatable bonds is 26. The predicted molar refractivity (Wildman–Crippen MR) is 441 cm³/mol. The predicted octanol–water partition coefficient (Wildman–Crippen LogP) is 21.6. The molecule has 110 heavy (non-hydrogen) atoms. The average Bonchev–Trinajstić information content (AvgIpc) is 0.670. The van der Waals surface area contributed by atoms with Crippen molar-refractivity contribution in [2.45, 2.75) is 117 Å². The molecule has 2 atom stereocenters. The van der Waals surface area contributed by atoms with Gasteiger partial charge in [0.25, 0.3) is 23.6 Å². The lowest BCUT2D eigenvalue weighted by atomic mass is 9.80. The van der Waals surface area contributed by atoms with E-state index in [4.69, 9.17) is 44.2 Å². The van der Waals surface area contributed by atoms with E-state index in [1.807, 2.05) is 218 Å². The molecular formula is C94H84N4O10S2. The SMILES string of the molecule is CC(C)c1cccc(Oc2cc3c4c(cc(Oc5cccc(C(C)C)c5)c5c6c(Oc7cccc(C(C)C)c7)cc7c8c(cc(Oc9cccc(C(C)C)c9)c(c2c45)c86)C(=O)N([C@@H](CS)C(=O)N(Cc2ccccc2)Cc2ccccc2)C7=O)C(=O)N(C(CS)C(=O)N(Cc2ccccc2)Cc2ccccc2)C3=O)c1. The molecule has 0 saturated carbocycles. The lowest BCUT2D eigenvalue weighted by molar-refractivity contribution is -0.136. The number of hydrogen-bond acceptors (Lipinski definition) is 12. The number of hydrogen-bond donors (Lipinski definition) is 2. The third-order valence-electron chi connectivity index (χ3n) is 21.0. The van der Waals surface area contributed by atoms with Gasteiger partial charge in [0.15, 0.2) is 0 Å². The molecule has 0 spiro atoms. The molecule has 13 aromatic rings. The minimum atomic E-state index is -1.46. The standard InChI is InChI=1S/C94H84N4O10S2/c1-55(2)63-33-21-37-67(41-63)105-77-45-71-81-72(90(100)97(89(71)99)75(53-109)93(103)95(49-59-25-13-9-14-26-59)50-60-27-15-10-16-28-60)47-79(107-69-39-23-35-65(43-69)57(5)6)85-86-80(108-70-40-24-36-66(44-70)58(7)8)48-74-82-73(46-78(84(88(82)86)83(77)87(81)85)106-68-38-22-34-64(42-68)56(3)4)91(101)98(92(74)102)76(54-110)94(104)96(51-61-29-17-11-18-30-61)52-62-31-19-12-20-32-62/h9-48,55-58,75-76,109-110H,49-54H2,1-8H3/t75-,76?/m0/s1. The van der Waals surface area contributed by atoms with Gasteiger partial charge in [-0.25, -0.2) is 0 Å². The minimum absolute atomic E-state index is 0.0190. The molecule has 6 amide bonds. The Morgan fingerprint density at radius 1 is 0.300 bits per heavy atom. The summed E-state index contributed by atoms with van der Waals surface area (Å²) < 4.78 is 29.8. The first-order valence-electron chi connectivity index (χ1n) is 37.4. The van der Waals surface area contributed by atoms with Crippen molar-refractivity contribution in [2.24, 2.45) is 0 Å². The van der Waals surface area contributed by atoms with Gasteiger partial charge in [-0.3, -0.25) is 38.6 Å². The Bertz CT molecular complexity index is 5070. The van der Waals surface area contributed by atoms with Crippen LogP contribution in [0.5, 0.6) is 46.0 Å². The Morgan fingerprint density at radius 2 is 0.527 bits per heavy atom. The fourth-order valence-electron chi connectivity index (χ4n) is 15.3. The van der Waals surface area contributed by atoms with Crippen molar-refractivity contribution in [3.8, 4) is 46.0 Å². The van der Waals surface area contributed by atoms with Crippen LogP contribution in [0.25, 0.3) is 43.1 Å². The summed E-state index contributed by atoms with van der Waals surface area (Å²) in [6.07, 6.45) is 0. The van der Waals surface area contributed by atoms with E-state index in [0.29, 0.717) is 55.3 Å². The Hall–Kier alpha value is -11.7. The van der Waals surface area contributed by atoms with Crippen LogP contribution in [0.2, 0.25) is 0 Å². The first-order valence-corrected chi connectivity index (χ1v) is 38.7. The third kappa shape index (κ3) is 14.2. The molecule has 16 heteroatoms. The number of carbonyl (C=O) groups excluding carboxylic acids is 6. The second-order valence-electron chi connectivity index (χ2n) is 29.7. The lowest BCUT2D eigenvalue weighted by Crippen LogP contribution is -2.55. The zero-order valence-corrected chi connectivity index (χ0v) is 64.4. The topological polar surface area (TPSA) is 152 Å². The summed E-state index contributed by atoms with van der Waals surface area (Å²) in [6.45, 7) is 17.2. The number of thiol groups is 2. The van der Waals surface area contributed by atoms with Crippen molar-refractivity contribution in [3.63, 3.8) is 0 Å². The molecule has 13 aromatic carbocycles. The van der Waals surface area contributed by atoms with Crippen molar-refractivity contribution < 1.29 is 47.7 Å². The molecule has 0 bridgehead atoms. The maximum Gasteiger partial charge on any atom is 0.262 e. The Labute approximate surface area is 651 Å². The maximum atomic E-state index is 16.7. The van der Waals surface area contributed by atoms with Crippen molar-refractivity contribution >= 4 is 104 Å². The van der Waals surface area contributed by atoms with Crippen molar-refractivity contribution in [1.82, 2.24) is 19.6 Å². The van der Waals surface area contributed by atoms with Crippen LogP contribution in [-0.4, -0.2) is 78.6 Å². The van der Waals surface area contributed by atoms with Crippen LogP contribution in [0.1, 0.15) is 165 Å². The highest BCUT2D eigenvalue weighted by Gasteiger charge is 2.47. The highest BCUT2D eigenvalue weighted by atomic mass is 32.1. The second-order valence-corrected chi connectivity index (χ2v) is 30.4. The molecule has 0 aromatic heterocycles. The van der Waals surface area contributed by atoms with Gasteiger partial charge >= 0.3 is 0 Å². The van der Waals surface area contributed by atoms with Crippen LogP contribution in [0.4, 0.5) is 0 Å². The highest BCUT2D eigenvalue weighted by molar-refractivity contribution is 7.80. The lowest BCUT2D eigenvalue weighted by Gasteiger charge is -2.37. The summed E-state index contributed by atoms with van der Waals surface area (Å²) in [5, 5.41) is 2.26. The molecule has 1 unspecified atom stereocenters. The van der Waals surface area contributed by atoms with E-state index >= 15 is 28.8 Å². The van der Waals surface area contributed by atoms with Gasteiger partial charge in [0.1, 0.15) is 58.1 Å². The third-order valence-corrected chi connectivity index (χ3v) is 21.7. The number of amides is 6. The van der Waals surface area contributed by atoms with E-state index in [0.717, 1.165) is 54.3 Å². The quantitative estimate of drug-likeness (QED) is 0.0232. The van der Waals surface area contributed by atoms with Crippen LogP contribution in [-0.2, 0) is 35.8 Å². The van der Waals surface area contributed by atoms with Gasteiger partial charge in [-0.1, -0.05) is 225 Å². The Morgan fingerprint density at radius 3 is 0.736 bits per heavy atom. The fraction of sp³-hybridized carbons (Fsp3) is 0.213. The molecular weight excluding hydrogens is 1410 g/mol. The van der Waals surface area contributed by atoms with Crippen molar-refractivity contribution in [2.75, 3.05) is 11.5 Å². The van der Waals surface area contributed by atoms with Crippen molar-refractivity contribution in [1.29, 1.82) is 0 Å². The number of ether oxygens (including phenoxy) is 4. The van der Waals surface area contributed by atoms with Gasteiger partial charge in [-0.2, -0.15) is 25.3 Å². The van der Waals surface area contributed by atoms with E-state index in [1.54, 1.807) is 34.1 Å². The summed E-state index contributed by atoms with van der Waals surface area (Å²) in [7, 11) is 0. The van der Waals surface area contributed by atoms with Crippen LogP contribution >= 0.6 is 25.3 Å². The summed E-state index contributed by atoms with van der Waals surface area (Å²) in [6, 6.07) is 72.5. The van der Waals surface area contributed by atoms with Crippen LogP contribution in [0.15, 0.2) is 243 Å². The highest BCUT2D eigenvalue weighted by Crippen LogP contribution is 2.58. The van der Waals surface area contributed by atoms with Gasteiger partial charge in [-0.15, -0.1) is 0 Å². The van der Waals surface area contributed by atoms with Crippen LogP contribution in [0, 0.1) is 0 Å². The number of imide groups is 2. The molecule has 2 heterocycles. The van der Waals surface area contributed by atoms with Gasteiger partial charge in [0, 0.05) is 80.8 Å². The van der Waals surface area contributed by atoms with E-state index in [1.165, 1.54) is 0 Å². The van der Waals surface area contributed by atoms with Gasteiger partial charge in [0.2, 0.25) is 11.8 Å². The molecule has 14 nitrogen and oxygen atoms in total. The molecule has 2 aliphatic rings. The average molecular weight is 1490 g/mol. The summed E-state index contributed by atoms with van der Waals surface area (Å²) in [5.74, 6) is -2.51. The van der Waals surface area contributed by atoms with E-state index in [9.17, 15) is 0 Å². The summed E-state index contributed by atoms with van der Waals surface area (Å²) >= 11 is 9.75. The smallest absolute Gasteiger partial charge is 0.262 e. The molecule has 0 radical (unpaired) electrons. The first kappa shape index (κ1) is 73.8. The van der Waals surface area contributed by atoms with Gasteiger partial charge in [0.05, 0.1) is 22.3 Å². The molecule has 0 N–H and O–H groups in total. The van der Waals surface area contributed by atoms with E-state index in [-0.39, 0.29) is 117 Å². The zero-order valence-electron chi connectivity index (χ0n) is 62.6.